The molecule has 3 nitrogen and oxygen atoms in total. The molecule has 0 aliphatic carbocycles. The Morgan fingerprint density at radius 1 is 1.05 bits per heavy atom. The highest BCUT2D eigenvalue weighted by Gasteiger charge is 2.14. The van der Waals surface area contributed by atoms with E-state index in [1.165, 1.54) is 37.0 Å². The number of anilines is 1. The van der Waals surface area contributed by atoms with Gasteiger partial charge in [-0.05, 0) is 57.9 Å². The predicted molar refractivity (Wildman–Crippen MR) is 83.6 cm³/mol. The third-order valence-electron chi connectivity index (χ3n) is 3.53. The zero-order valence-corrected chi connectivity index (χ0v) is 12.5. The van der Waals surface area contributed by atoms with Gasteiger partial charge in [0.1, 0.15) is 5.60 Å². The number of aromatic nitrogens is 1. The first-order valence-electron chi connectivity index (χ1n) is 7.36. The number of rotatable bonds is 2. The second kappa shape index (κ2) is 4.97. The maximum Gasteiger partial charge on any atom is 0.214 e. The minimum Gasteiger partial charge on any atom is -0.472 e. The molecule has 3 heteroatoms. The number of hydrogen-bond donors (Lipinski definition) is 0. The van der Waals surface area contributed by atoms with Crippen molar-refractivity contribution in [1.29, 1.82) is 0 Å². The molecule has 0 unspecified atom stereocenters. The van der Waals surface area contributed by atoms with Crippen LogP contribution in [-0.2, 0) is 0 Å². The Labute approximate surface area is 120 Å². The number of fused-ring (bicyclic) bond motifs is 1. The van der Waals surface area contributed by atoms with Crippen molar-refractivity contribution in [2.24, 2.45) is 0 Å². The van der Waals surface area contributed by atoms with Crippen LogP contribution in [0.5, 0.6) is 5.88 Å². The van der Waals surface area contributed by atoms with E-state index in [4.69, 9.17) is 4.74 Å². The summed E-state index contributed by atoms with van der Waals surface area (Å²) in [7, 11) is 0. The molecule has 1 aliphatic heterocycles. The second-order valence-electron chi connectivity index (χ2n) is 6.44. The lowest BCUT2D eigenvalue weighted by atomic mass is 10.1. The lowest BCUT2D eigenvalue weighted by Gasteiger charge is -2.21. The van der Waals surface area contributed by atoms with Crippen molar-refractivity contribution in [1.82, 2.24) is 4.98 Å². The molecule has 1 fully saturated rings. The number of pyridine rings is 1. The van der Waals surface area contributed by atoms with E-state index in [0.29, 0.717) is 5.88 Å². The fraction of sp³-hybridized carbons (Fsp3) is 0.471. The van der Waals surface area contributed by atoms with Gasteiger partial charge in [0.15, 0.2) is 0 Å². The van der Waals surface area contributed by atoms with Gasteiger partial charge >= 0.3 is 0 Å². The zero-order chi connectivity index (χ0) is 14.2. The lowest BCUT2D eigenvalue weighted by Crippen LogP contribution is -2.23. The van der Waals surface area contributed by atoms with Crippen molar-refractivity contribution in [3.8, 4) is 5.88 Å². The van der Waals surface area contributed by atoms with Crippen molar-refractivity contribution in [2.75, 3.05) is 18.0 Å². The molecule has 3 rings (SSSR count). The van der Waals surface area contributed by atoms with Crippen molar-refractivity contribution >= 4 is 16.6 Å². The maximum absolute atomic E-state index is 5.82. The lowest BCUT2D eigenvalue weighted by molar-refractivity contribution is 0.124. The third-order valence-corrected chi connectivity index (χ3v) is 3.53. The van der Waals surface area contributed by atoms with E-state index in [-0.39, 0.29) is 5.60 Å². The Morgan fingerprint density at radius 2 is 1.80 bits per heavy atom. The van der Waals surface area contributed by atoms with Gasteiger partial charge in [0.05, 0.1) is 5.52 Å². The number of benzene rings is 1. The van der Waals surface area contributed by atoms with Crippen LogP contribution in [0.15, 0.2) is 30.3 Å². The van der Waals surface area contributed by atoms with Crippen molar-refractivity contribution in [3.05, 3.63) is 30.3 Å². The summed E-state index contributed by atoms with van der Waals surface area (Å²) in [4.78, 5) is 7.03. The van der Waals surface area contributed by atoms with E-state index in [1.54, 1.807) is 0 Å². The summed E-state index contributed by atoms with van der Waals surface area (Å²) in [6.45, 7) is 8.45. The Kier molecular flexibility index (Phi) is 3.28. The van der Waals surface area contributed by atoms with Gasteiger partial charge in [-0.25, -0.2) is 4.98 Å². The first kappa shape index (κ1) is 13.2. The Bertz CT molecular complexity index is 610. The van der Waals surface area contributed by atoms with E-state index in [2.05, 4.69) is 34.1 Å². The van der Waals surface area contributed by atoms with Gasteiger partial charge in [0.2, 0.25) is 5.88 Å². The average Bonchev–Trinajstić information content (AvgIpc) is 2.90. The maximum atomic E-state index is 5.82. The Hall–Kier alpha value is -1.77. The molecule has 0 saturated carbocycles. The molecule has 1 saturated heterocycles. The molecule has 20 heavy (non-hydrogen) atoms. The van der Waals surface area contributed by atoms with Crippen LogP contribution in [0, 0.1) is 0 Å². The van der Waals surface area contributed by atoms with Gasteiger partial charge in [-0.15, -0.1) is 0 Å². The quantitative estimate of drug-likeness (QED) is 0.824. The molecule has 0 bridgehead atoms. The van der Waals surface area contributed by atoms with E-state index in [0.717, 1.165) is 5.52 Å². The minimum absolute atomic E-state index is 0.212. The highest BCUT2D eigenvalue weighted by molar-refractivity contribution is 5.83. The highest BCUT2D eigenvalue weighted by atomic mass is 16.5. The molecule has 1 aliphatic rings. The smallest absolute Gasteiger partial charge is 0.214 e. The summed E-state index contributed by atoms with van der Waals surface area (Å²) < 4.78 is 5.82. The molecule has 1 aromatic heterocycles. The predicted octanol–water partition coefficient (Wildman–Crippen LogP) is 4.01. The van der Waals surface area contributed by atoms with E-state index in [1.807, 2.05) is 26.8 Å². The van der Waals surface area contributed by atoms with Crippen molar-refractivity contribution in [3.63, 3.8) is 0 Å². The summed E-state index contributed by atoms with van der Waals surface area (Å²) in [5.41, 5.74) is 2.09. The summed E-state index contributed by atoms with van der Waals surface area (Å²) in [5.74, 6) is 0.693. The summed E-state index contributed by atoms with van der Waals surface area (Å²) in [5, 5.41) is 1.18. The van der Waals surface area contributed by atoms with Crippen LogP contribution in [-0.4, -0.2) is 23.7 Å². The van der Waals surface area contributed by atoms with Crippen LogP contribution < -0.4 is 9.64 Å². The molecule has 0 atom stereocenters. The van der Waals surface area contributed by atoms with Gasteiger partial charge in [0, 0.05) is 30.2 Å². The second-order valence-corrected chi connectivity index (χ2v) is 6.44. The number of nitrogens with zero attached hydrogens (tertiary/aromatic N) is 2. The van der Waals surface area contributed by atoms with Crippen LogP contribution in [0.4, 0.5) is 5.69 Å². The molecule has 0 N–H and O–H groups in total. The molecule has 106 valence electrons. The standard InChI is InChI=1S/C17H22N2O/c1-17(2,3)20-16-9-6-13-12-14(7-8-15(13)18-16)19-10-4-5-11-19/h6-9,12H,4-5,10-11H2,1-3H3. The first-order chi connectivity index (χ1) is 9.51. The third kappa shape index (κ3) is 2.87. The summed E-state index contributed by atoms with van der Waals surface area (Å²) in [6.07, 6.45) is 2.60. The van der Waals surface area contributed by atoms with Crippen LogP contribution >= 0.6 is 0 Å². The van der Waals surface area contributed by atoms with E-state index >= 15 is 0 Å². The molecular weight excluding hydrogens is 248 g/mol. The molecule has 1 aromatic carbocycles. The van der Waals surface area contributed by atoms with Crippen molar-refractivity contribution < 1.29 is 4.74 Å². The van der Waals surface area contributed by atoms with Crippen LogP contribution in [0.25, 0.3) is 10.9 Å². The normalized spacial score (nSPS) is 15.8. The van der Waals surface area contributed by atoms with E-state index < -0.39 is 0 Å². The number of hydrogen-bond acceptors (Lipinski definition) is 3. The van der Waals surface area contributed by atoms with Crippen LogP contribution in [0.2, 0.25) is 0 Å². The molecule has 0 spiro atoms. The first-order valence-corrected chi connectivity index (χ1v) is 7.36. The topological polar surface area (TPSA) is 25.4 Å². The summed E-state index contributed by atoms with van der Waals surface area (Å²) in [6, 6.07) is 10.6. The van der Waals surface area contributed by atoms with E-state index in [9.17, 15) is 0 Å². The Balaban J connectivity index is 1.90. The average molecular weight is 270 g/mol. The number of ether oxygens (including phenoxy) is 1. The zero-order valence-electron chi connectivity index (χ0n) is 12.5. The van der Waals surface area contributed by atoms with Gasteiger partial charge < -0.3 is 9.64 Å². The van der Waals surface area contributed by atoms with Gasteiger partial charge in [-0.1, -0.05) is 0 Å². The van der Waals surface area contributed by atoms with Crippen LogP contribution in [0.1, 0.15) is 33.6 Å². The Morgan fingerprint density at radius 3 is 2.50 bits per heavy atom. The van der Waals surface area contributed by atoms with Gasteiger partial charge in [-0.2, -0.15) is 0 Å². The molecule has 0 amide bonds. The fourth-order valence-electron chi connectivity index (χ4n) is 2.64. The minimum atomic E-state index is -0.212. The monoisotopic (exact) mass is 270 g/mol. The van der Waals surface area contributed by atoms with Gasteiger partial charge in [-0.3, -0.25) is 0 Å². The SMILES string of the molecule is CC(C)(C)Oc1ccc2cc(N3CCCC3)ccc2n1. The molecule has 2 aromatic rings. The molecule has 2 heterocycles. The summed E-state index contributed by atoms with van der Waals surface area (Å²) >= 11 is 0. The molecule has 0 radical (unpaired) electrons. The van der Waals surface area contributed by atoms with Gasteiger partial charge in [0.25, 0.3) is 0 Å². The largest absolute Gasteiger partial charge is 0.472 e. The fourth-order valence-corrected chi connectivity index (χ4v) is 2.64. The highest BCUT2D eigenvalue weighted by Crippen LogP contribution is 2.26. The van der Waals surface area contributed by atoms with Crippen molar-refractivity contribution in [2.45, 2.75) is 39.2 Å². The van der Waals surface area contributed by atoms with Crippen LogP contribution in [0.3, 0.4) is 0 Å². The molecular formula is C17H22N2O.